The molecule has 0 unspecified atom stereocenters. The van der Waals surface area contributed by atoms with Crippen LogP contribution in [0.15, 0.2) is 12.2 Å². The van der Waals surface area contributed by atoms with Gasteiger partial charge in [-0.2, -0.15) is 0 Å². The normalized spacial score (nSPS) is 10.0. The summed E-state index contributed by atoms with van der Waals surface area (Å²) < 4.78 is 9.25. The van der Waals surface area contributed by atoms with Crippen LogP contribution in [0, 0.1) is 0 Å². The molecule has 0 aromatic rings. The van der Waals surface area contributed by atoms with Gasteiger partial charge in [-0.05, 0) is 0 Å². The van der Waals surface area contributed by atoms with Crippen molar-refractivity contribution in [2.24, 2.45) is 0 Å². The average Bonchev–Trinajstić information content (AvgIpc) is 2.15. The van der Waals surface area contributed by atoms with Crippen molar-refractivity contribution >= 4 is 35.0 Å². The van der Waals surface area contributed by atoms with Crippen molar-refractivity contribution in [1.29, 1.82) is 0 Å². The van der Waals surface area contributed by atoms with Crippen molar-refractivity contribution in [2.75, 3.05) is 20.3 Å². The first-order valence-corrected chi connectivity index (χ1v) is 4.55. The minimum absolute atomic E-state index is 0.0525. The number of methoxy groups -OCH3 is 1. The number of esters is 1. The summed E-state index contributed by atoms with van der Waals surface area (Å²) in [5.74, 6) is -1.59. The Morgan fingerprint density at radius 2 is 1.93 bits per heavy atom. The van der Waals surface area contributed by atoms with Crippen molar-refractivity contribution in [3.8, 4) is 0 Å². The van der Waals surface area contributed by atoms with Gasteiger partial charge in [0.25, 0.3) is 0 Å². The van der Waals surface area contributed by atoms with E-state index in [0.29, 0.717) is 0 Å². The molecular formula is C8H10Cl2O4. The van der Waals surface area contributed by atoms with Gasteiger partial charge < -0.3 is 9.47 Å². The minimum Gasteiger partial charge on any atom is -0.460 e. The van der Waals surface area contributed by atoms with Gasteiger partial charge in [-0.15, -0.1) is 0 Å². The highest BCUT2D eigenvalue weighted by molar-refractivity contribution is 6.56. The summed E-state index contributed by atoms with van der Waals surface area (Å²) in [7, 11) is 1.46. The van der Waals surface area contributed by atoms with Gasteiger partial charge in [0.2, 0.25) is 5.78 Å². The van der Waals surface area contributed by atoms with E-state index in [1.165, 1.54) is 7.11 Å². The Morgan fingerprint density at radius 3 is 2.36 bits per heavy atom. The highest BCUT2D eigenvalue weighted by Gasteiger charge is 2.22. The van der Waals surface area contributed by atoms with E-state index in [4.69, 9.17) is 23.2 Å². The van der Waals surface area contributed by atoms with Crippen molar-refractivity contribution in [3.63, 3.8) is 0 Å². The quantitative estimate of drug-likeness (QED) is 0.174. The predicted octanol–water partition coefficient (Wildman–Crippen LogP) is 1.10. The third-order valence-electron chi connectivity index (χ3n) is 1.26. The molecule has 0 amide bonds. The lowest BCUT2D eigenvalue weighted by molar-refractivity contribution is -0.141. The first-order chi connectivity index (χ1) is 6.50. The molecule has 6 heteroatoms. The third kappa shape index (κ3) is 4.60. The molecule has 14 heavy (non-hydrogen) atoms. The molecule has 80 valence electrons. The zero-order chi connectivity index (χ0) is 11.1. The minimum atomic E-state index is -1.29. The van der Waals surface area contributed by atoms with Gasteiger partial charge in [0.15, 0.2) is 4.84 Å². The van der Waals surface area contributed by atoms with E-state index in [9.17, 15) is 9.59 Å². The third-order valence-corrected chi connectivity index (χ3v) is 1.66. The molecule has 0 aliphatic carbocycles. The largest absolute Gasteiger partial charge is 0.460 e. The Hall–Kier alpha value is -0.580. The Balaban J connectivity index is 4.00. The van der Waals surface area contributed by atoms with Crippen LogP contribution < -0.4 is 0 Å². The lowest BCUT2D eigenvalue weighted by Gasteiger charge is -2.05. The Labute approximate surface area is 91.8 Å². The van der Waals surface area contributed by atoms with Crippen molar-refractivity contribution in [2.45, 2.75) is 4.84 Å². The van der Waals surface area contributed by atoms with Crippen LogP contribution in [0.3, 0.4) is 0 Å². The van der Waals surface area contributed by atoms with Gasteiger partial charge in [0.1, 0.15) is 6.61 Å². The van der Waals surface area contributed by atoms with Gasteiger partial charge in [-0.25, -0.2) is 4.79 Å². The molecule has 0 heterocycles. The van der Waals surface area contributed by atoms with E-state index in [2.05, 4.69) is 16.1 Å². The number of ether oxygens (including phenoxy) is 2. The van der Waals surface area contributed by atoms with Crippen LogP contribution in [0.5, 0.6) is 0 Å². The lowest BCUT2D eigenvalue weighted by Crippen LogP contribution is -2.20. The van der Waals surface area contributed by atoms with E-state index in [-0.39, 0.29) is 18.8 Å². The number of rotatable bonds is 6. The fourth-order valence-electron chi connectivity index (χ4n) is 0.537. The maximum absolute atomic E-state index is 11.0. The topological polar surface area (TPSA) is 52.6 Å². The molecule has 0 radical (unpaired) electrons. The molecule has 0 saturated heterocycles. The number of halogens is 2. The molecular weight excluding hydrogens is 231 g/mol. The fraction of sp³-hybridized carbons (Fsp3) is 0.500. The maximum Gasteiger partial charge on any atom is 0.341 e. The molecule has 0 spiro atoms. The lowest BCUT2D eigenvalue weighted by atomic mass is 10.2. The summed E-state index contributed by atoms with van der Waals surface area (Å²) >= 11 is 10.5. The Kier molecular flexibility index (Phi) is 6.53. The van der Waals surface area contributed by atoms with E-state index >= 15 is 0 Å². The second kappa shape index (κ2) is 6.81. The van der Waals surface area contributed by atoms with Crippen LogP contribution in [0.25, 0.3) is 0 Å². The second-order valence-corrected chi connectivity index (χ2v) is 3.37. The zero-order valence-electron chi connectivity index (χ0n) is 7.59. The summed E-state index contributed by atoms with van der Waals surface area (Å²) in [6, 6.07) is 0. The number of ketones is 1. The van der Waals surface area contributed by atoms with Gasteiger partial charge in [0, 0.05) is 7.11 Å². The number of hydrogen-bond acceptors (Lipinski definition) is 4. The molecule has 4 nitrogen and oxygen atoms in total. The van der Waals surface area contributed by atoms with E-state index in [1.807, 2.05) is 0 Å². The number of alkyl halides is 2. The average molecular weight is 241 g/mol. The van der Waals surface area contributed by atoms with Crippen LogP contribution in [0.1, 0.15) is 0 Å². The van der Waals surface area contributed by atoms with Crippen LogP contribution in [0.4, 0.5) is 0 Å². The van der Waals surface area contributed by atoms with Gasteiger partial charge >= 0.3 is 5.97 Å². The summed E-state index contributed by atoms with van der Waals surface area (Å²) in [6.07, 6.45) is 0. The maximum atomic E-state index is 11.0. The molecule has 0 atom stereocenters. The molecule has 0 saturated carbocycles. The first kappa shape index (κ1) is 13.4. The van der Waals surface area contributed by atoms with E-state index in [1.54, 1.807) is 0 Å². The van der Waals surface area contributed by atoms with Gasteiger partial charge in [-0.3, -0.25) is 4.79 Å². The van der Waals surface area contributed by atoms with E-state index < -0.39 is 16.6 Å². The molecule has 0 fully saturated rings. The zero-order valence-corrected chi connectivity index (χ0v) is 9.10. The van der Waals surface area contributed by atoms with Crippen molar-refractivity contribution in [1.82, 2.24) is 0 Å². The molecule has 0 aliphatic rings. The number of Topliss-reactive ketones (excluding diaryl/α,β-unsaturated/α-hetero) is 1. The molecule has 0 rings (SSSR count). The summed E-state index contributed by atoms with van der Waals surface area (Å²) in [4.78, 5) is 20.8. The summed E-state index contributed by atoms with van der Waals surface area (Å²) in [5, 5.41) is 0. The first-order valence-electron chi connectivity index (χ1n) is 3.68. The van der Waals surface area contributed by atoms with Gasteiger partial charge in [0.05, 0.1) is 12.2 Å². The SMILES string of the molecule is C=C(C(=O)OCCOC)C(=O)C(Cl)Cl. The van der Waals surface area contributed by atoms with Crippen LogP contribution in [-0.2, 0) is 19.1 Å². The van der Waals surface area contributed by atoms with Crippen LogP contribution >= 0.6 is 23.2 Å². The van der Waals surface area contributed by atoms with Crippen molar-refractivity contribution in [3.05, 3.63) is 12.2 Å². The summed E-state index contributed by atoms with van der Waals surface area (Å²) in [5.41, 5.74) is -0.365. The van der Waals surface area contributed by atoms with Gasteiger partial charge in [-0.1, -0.05) is 29.8 Å². The Bertz CT molecular complexity index is 237. The molecule has 0 bridgehead atoms. The number of hydrogen-bond donors (Lipinski definition) is 0. The highest BCUT2D eigenvalue weighted by Crippen LogP contribution is 2.10. The molecule has 0 aromatic carbocycles. The summed E-state index contributed by atoms with van der Waals surface area (Å²) in [6.45, 7) is 3.52. The molecule has 0 N–H and O–H groups in total. The Morgan fingerprint density at radius 1 is 1.36 bits per heavy atom. The number of carbonyl (C=O) groups excluding carboxylic acids is 2. The van der Waals surface area contributed by atoms with Crippen molar-refractivity contribution < 1.29 is 19.1 Å². The molecule has 0 aromatic heterocycles. The number of carbonyl (C=O) groups is 2. The van der Waals surface area contributed by atoms with E-state index in [0.717, 1.165) is 0 Å². The standard InChI is InChI=1S/C8H10Cl2O4/c1-5(6(11)7(9)10)8(12)14-4-3-13-2/h7H,1,3-4H2,2H3. The molecule has 0 aliphatic heterocycles. The van der Waals surface area contributed by atoms with Crippen LogP contribution in [0.2, 0.25) is 0 Å². The smallest absolute Gasteiger partial charge is 0.341 e. The predicted molar refractivity (Wildman–Crippen MR) is 52.5 cm³/mol. The van der Waals surface area contributed by atoms with Crippen LogP contribution in [-0.4, -0.2) is 36.9 Å². The monoisotopic (exact) mass is 240 g/mol. The fourth-order valence-corrected chi connectivity index (χ4v) is 0.801. The highest BCUT2D eigenvalue weighted by atomic mass is 35.5. The second-order valence-electron chi connectivity index (χ2n) is 2.27.